The van der Waals surface area contributed by atoms with Gasteiger partial charge in [0.05, 0.1) is 5.52 Å². The topological polar surface area (TPSA) is 139 Å². The van der Waals surface area contributed by atoms with Crippen molar-refractivity contribution in [3.8, 4) is 5.88 Å². The number of azo groups is 1. The standard InChI is InChI=1S/C15H14N6O3/c1-8-6-10(18-17-8)14(23)20-19-13-9-4-2-3-5-11(9)21(15(13)24)7-12(16)22/h2-6,24H,7H2,1H3,(H2,16,22)(H,17,18). The fourth-order valence-electron chi connectivity index (χ4n) is 2.36. The predicted molar refractivity (Wildman–Crippen MR) is 85.0 cm³/mol. The lowest BCUT2D eigenvalue weighted by Gasteiger charge is -2.02. The summed E-state index contributed by atoms with van der Waals surface area (Å²) in [5.41, 5.74) is 6.69. The molecule has 3 aromatic rings. The molecule has 0 aliphatic heterocycles. The third-order valence-corrected chi connectivity index (χ3v) is 3.40. The molecule has 1 aromatic carbocycles. The summed E-state index contributed by atoms with van der Waals surface area (Å²) in [4.78, 5) is 23.2. The number of rotatable bonds is 4. The van der Waals surface area contributed by atoms with Crippen LogP contribution in [-0.2, 0) is 11.3 Å². The molecule has 0 bridgehead atoms. The molecule has 2 amide bonds. The third-order valence-electron chi connectivity index (χ3n) is 3.40. The number of carbonyl (C=O) groups excluding carboxylic acids is 2. The third kappa shape index (κ3) is 2.74. The summed E-state index contributed by atoms with van der Waals surface area (Å²) in [6, 6.07) is 8.43. The zero-order valence-corrected chi connectivity index (χ0v) is 12.7. The molecule has 0 saturated carbocycles. The first-order valence-corrected chi connectivity index (χ1v) is 7.04. The molecule has 24 heavy (non-hydrogen) atoms. The Morgan fingerprint density at radius 2 is 2.12 bits per heavy atom. The highest BCUT2D eigenvalue weighted by atomic mass is 16.3. The first-order valence-electron chi connectivity index (χ1n) is 7.04. The molecule has 122 valence electrons. The van der Waals surface area contributed by atoms with E-state index in [0.29, 0.717) is 10.9 Å². The number of hydrogen-bond acceptors (Lipinski definition) is 5. The Bertz CT molecular complexity index is 969. The van der Waals surface area contributed by atoms with Gasteiger partial charge in [-0.25, -0.2) is 0 Å². The van der Waals surface area contributed by atoms with Crippen LogP contribution in [0.4, 0.5) is 5.69 Å². The zero-order chi connectivity index (χ0) is 17.3. The summed E-state index contributed by atoms with van der Waals surface area (Å²) in [5.74, 6) is -1.55. The lowest BCUT2D eigenvalue weighted by atomic mass is 10.2. The average molecular weight is 326 g/mol. The Balaban J connectivity index is 2.03. The number of aromatic amines is 1. The number of amides is 2. The molecule has 0 fully saturated rings. The monoisotopic (exact) mass is 326 g/mol. The number of hydrogen-bond donors (Lipinski definition) is 3. The van der Waals surface area contributed by atoms with Gasteiger partial charge in [-0.1, -0.05) is 18.2 Å². The largest absolute Gasteiger partial charge is 0.493 e. The van der Waals surface area contributed by atoms with Crippen molar-refractivity contribution in [2.75, 3.05) is 0 Å². The van der Waals surface area contributed by atoms with E-state index in [2.05, 4.69) is 20.4 Å². The number of aromatic nitrogens is 3. The maximum absolute atomic E-state index is 12.0. The van der Waals surface area contributed by atoms with E-state index in [4.69, 9.17) is 5.73 Å². The number of benzene rings is 1. The Morgan fingerprint density at radius 1 is 1.38 bits per heavy atom. The minimum absolute atomic E-state index is 0.0902. The summed E-state index contributed by atoms with van der Waals surface area (Å²) < 4.78 is 1.31. The Kier molecular flexibility index (Phi) is 3.82. The van der Waals surface area contributed by atoms with E-state index in [1.165, 1.54) is 10.6 Å². The summed E-state index contributed by atoms with van der Waals surface area (Å²) in [6.45, 7) is 1.54. The van der Waals surface area contributed by atoms with Gasteiger partial charge in [0.25, 0.3) is 0 Å². The fourth-order valence-corrected chi connectivity index (χ4v) is 2.36. The second-order valence-corrected chi connectivity index (χ2v) is 5.18. The van der Waals surface area contributed by atoms with Gasteiger partial charge >= 0.3 is 5.91 Å². The summed E-state index contributed by atoms with van der Waals surface area (Å²) in [5, 5.41) is 24.7. The molecule has 0 aliphatic carbocycles. The van der Waals surface area contributed by atoms with Crippen LogP contribution in [0.3, 0.4) is 0 Å². The molecule has 0 saturated heterocycles. The normalized spacial score (nSPS) is 11.4. The molecule has 9 heteroatoms. The number of nitrogens with zero attached hydrogens (tertiary/aromatic N) is 4. The van der Waals surface area contributed by atoms with Gasteiger partial charge in [-0.2, -0.15) is 5.10 Å². The minimum atomic E-state index is -0.648. The number of primary amides is 1. The van der Waals surface area contributed by atoms with Crippen LogP contribution in [0.25, 0.3) is 10.9 Å². The van der Waals surface area contributed by atoms with Gasteiger partial charge < -0.3 is 15.4 Å². The predicted octanol–water partition coefficient (Wildman–Crippen LogP) is 1.79. The van der Waals surface area contributed by atoms with Crippen LogP contribution >= 0.6 is 0 Å². The van der Waals surface area contributed by atoms with Crippen molar-refractivity contribution >= 4 is 28.4 Å². The van der Waals surface area contributed by atoms with Crippen molar-refractivity contribution in [3.05, 3.63) is 41.7 Å². The van der Waals surface area contributed by atoms with E-state index < -0.39 is 11.8 Å². The van der Waals surface area contributed by atoms with Crippen molar-refractivity contribution in [3.63, 3.8) is 0 Å². The van der Waals surface area contributed by atoms with Gasteiger partial charge in [0, 0.05) is 11.1 Å². The number of nitrogens with one attached hydrogen (secondary N) is 1. The van der Waals surface area contributed by atoms with Crippen molar-refractivity contribution in [1.82, 2.24) is 14.8 Å². The molecule has 0 unspecified atom stereocenters. The van der Waals surface area contributed by atoms with Crippen LogP contribution in [0, 0.1) is 6.92 Å². The lowest BCUT2D eigenvalue weighted by molar-refractivity contribution is -0.118. The van der Waals surface area contributed by atoms with E-state index in [1.807, 2.05) is 0 Å². The van der Waals surface area contributed by atoms with Gasteiger partial charge in [-0.15, -0.1) is 10.2 Å². The number of nitrogens with two attached hydrogens (primary N) is 1. The van der Waals surface area contributed by atoms with Crippen LogP contribution in [0.2, 0.25) is 0 Å². The molecule has 0 radical (unpaired) electrons. The molecular formula is C15H14N6O3. The molecule has 9 nitrogen and oxygen atoms in total. The smallest absolute Gasteiger partial charge is 0.315 e. The Labute approximate surface area is 135 Å². The zero-order valence-electron chi connectivity index (χ0n) is 12.7. The van der Waals surface area contributed by atoms with Crippen molar-refractivity contribution in [1.29, 1.82) is 0 Å². The van der Waals surface area contributed by atoms with E-state index in [0.717, 1.165) is 5.69 Å². The van der Waals surface area contributed by atoms with Gasteiger partial charge in [-0.05, 0) is 19.1 Å². The lowest BCUT2D eigenvalue weighted by Crippen LogP contribution is -2.18. The maximum atomic E-state index is 12.0. The molecule has 0 spiro atoms. The van der Waals surface area contributed by atoms with Crippen molar-refractivity contribution in [2.24, 2.45) is 16.0 Å². The second kappa shape index (κ2) is 5.95. The van der Waals surface area contributed by atoms with Crippen molar-refractivity contribution < 1.29 is 14.7 Å². The molecule has 2 aromatic heterocycles. The van der Waals surface area contributed by atoms with Gasteiger partial charge in [0.15, 0.2) is 11.4 Å². The summed E-state index contributed by atoms with van der Waals surface area (Å²) in [6.07, 6.45) is 0. The first-order chi connectivity index (χ1) is 11.5. The van der Waals surface area contributed by atoms with E-state index >= 15 is 0 Å². The molecule has 0 aliphatic rings. The summed E-state index contributed by atoms with van der Waals surface area (Å²) >= 11 is 0. The fraction of sp³-hybridized carbons (Fsp3) is 0.133. The molecule has 2 heterocycles. The van der Waals surface area contributed by atoms with Gasteiger partial charge in [0.1, 0.15) is 6.54 Å². The van der Waals surface area contributed by atoms with Crippen LogP contribution in [0.15, 0.2) is 40.6 Å². The average Bonchev–Trinajstić information content (AvgIpc) is 3.09. The van der Waals surface area contributed by atoms with E-state index in [-0.39, 0.29) is 23.8 Å². The highest BCUT2D eigenvalue weighted by Crippen LogP contribution is 2.38. The number of aromatic hydroxyl groups is 1. The molecular weight excluding hydrogens is 312 g/mol. The number of H-pyrrole nitrogens is 1. The Hall–Kier alpha value is -3.49. The highest BCUT2D eigenvalue weighted by molar-refractivity contribution is 5.97. The molecule has 0 atom stereocenters. The molecule has 3 rings (SSSR count). The number of fused-ring (bicyclic) bond motifs is 1. The van der Waals surface area contributed by atoms with E-state index in [9.17, 15) is 14.7 Å². The van der Waals surface area contributed by atoms with Crippen molar-refractivity contribution in [2.45, 2.75) is 13.5 Å². The second-order valence-electron chi connectivity index (χ2n) is 5.18. The number of aryl methyl sites for hydroxylation is 1. The van der Waals surface area contributed by atoms with Gasteiger partial charge in [0.2, 0.25) is 11.8 Å². The van der Waals surface area contributed by atoms with Crippen LogP contribution in [-0.4, -0.2) is 31.7 Å². The van der Waals surface area contributed by atoms with Crippen LogP contribution in [0.5, 0.6) is 5.88 Å². The minimum Gasteiger partial charge on any atom is -0.493 e. The van der Waals surface area contributed by atoms with E-state index in [1.54, 1.807) is 31.2 Å². The Morgan fingerprint density at radius 3 is 2.79 bits per heavy atom. The maximum Gasteiger partial charge on any atom is 0.315 e. The van der Waals surface area contributed by atoms with Crippen LogP contribution in [0.1, 0.15) is 16.2 Å². The number of para-hydroxylation sites is 1. The van der Waals surface area contributed by atoms with Crippen LogP contribution < -0.4 is 5.73 Å². The SMILES string of the molecule is Cc1cc(C(=O)N=Nc2c(O)n(CC(N)=O)c3ccccc23)n[nH]1. The van der Waals surface area contributed by atoms with Gasteiger partial charge in [-0.3, -0.25) is 14.7 Å². The quantitative estimate of drug-likeness (QED) is 0.629. The highest BCUT2D eigenvalue weighted by Gasteiger charge is 2.18. The first kappa shape index (κ1) is 15.4. The summed E-state index contributed by atoms with van der Waals surface area (Å²) in [7, 11) is 0. The number of carbonyl (C=O) groups is 2. The molecule has 4 N–H and O–H groups in total.